The van der Waals surface area contributed by atoms with Crippen molar-refractivity contribution < 1.29 is 4.62 Å². The maximum atomic E-state index is 5.48. The average molecular weight is 152 g/mol. The molecule has 0 aromatic carbocycles. The van der Waals surface area contributed by atoms with Gasteiger partial charge in [-0.15, -0.1) is 0 Å². The van der Waals surface area contributed by atoms with Crippen molar-refractivity contribution in [2.24, 2.45) is 11.6 Å². The van der Waals surface area contributed by atoms with E-state index in [1.807, 2.05) is 6.66 Å². The summed E-state index contributed by atoms with van der Waals surface area (Å²) in [5.74, 6) is 5.10. The molecule has 0 heterocycles. The molecule has 0 unspecified atom stereocenters. The number of hydrogen-bond donors (Lipinski definition) is 2. The van der Waals surface area contributed by atoms with Gasteiger partial charge in [0.15, 0.2) is 0 Å². The molecule has 0 saturated carbocycles. The van der Waals surface area contributed by atoms with Crippen LogP contribution in [0.3, 0.4) is 0 Å². The quantitative estimate of drug-likeness (QED) is 0.457. The molecule has 0 aliphatic heterocycles. The van der Waals surface area contributed by atoms with Gasteiger partial charge >= 0.3 is 56.2 Å². The Labute approximate surface area is 57.1 Å². The molecule has 4 heteroatoms. The summed E-state index contributed by atoms with van der Waals surface area (Å²) in [5, 5.41) is 0. The fourth-order valence-corrected chi connectivity index (χ4v) is 1.26. The monoisotopic (exact) mass is 152 g/mol. The molecule has 0 saturated heterocycles. The summed E-state index contributed by atoms with van der Waals surface area (Å²) in [7, 11) is -1.72. The van der Waals surface area contributed by atoms with E-state index in [0.717, 1.165) is 0 Å². The third kappa shape index (κ3) is 2.18. The second kappa shape index (κ2) is 3.47. The Morgan fingerprint density at radius 2 is 2.00 bits per heavy atom. The van der Waals surface area contributed by atoms with Crippen LogP contribution in [0.4, 0.5) is 0 Å². The Morgan fingerprint density at radius 1 is 1.56 bits per heavy atom. The second-order valence-electron chi connectivity index (χ2n) is 2.79. The van der Waals surface area contributed by atoms with Crippen molar-refractivity contribution in [2.45, 2.75) is 19.5 Å². The zero-order valence-electron chi connectivity index (χ0n) is 6.35. The van der Waals surface area contributed by atoms with Crippen LogP contribution >= 0.6 is 7.49 Å². The molecular formula is C5H17N2OP. The summed E-state index contributed by atoms with van der Waals surface area (Å²) in [6, 6.07) is 0. The van der Waals surface area contributed by atoms with Crippen LogP contribution in [0.15, 0.2) is 0 Å². The number of nitrogens with two attached hydrogens (primary N) is 2. The first-order chi connectivity index (χ1) is 4.06. The van der Waals surface area contributed by atoms with E-state index < -0.39 is 7.49 Å². The summed E-state index contributed by atoms with van der Waals surface area (Å²) in [5.41, 5.74) is 5.97. The summed E-state index contributed by atoms with van der Waals surface area (Å²) in [6.45, 7) is 6.22. The van der Waals surface area contributed by atoms with Gasteiger partial charge in [0.05, 0.1) is 0 Å². The van der Waals surface area contributed by atoms with Gasteiger partial charge in [-0.2, -0.15) is 0 Å². The second-order valence-corrected chi connectivity index (χ2v) is 7.21. The van der Waals surface area contributed by atoms with Crippen molar-refractivity contribution in [1.29, 1.82) is 0 Å². The molecular weight excluding hydrogens is 135 g/mol. The van der Waals surface area contributed by atoms with E-state index in [-0.39, 0.29) is 0 Å². The molecule has 0 aliphatic rings. The zero-order valence-corrected chi connectivity index (χ0v) is 7.35. The first-order valence-corrected chi connectivity index (χ1v) is 5.84. The number of rotatable bonds is 3. The van der Waals surface area contributed by atoms with Crippen LogP contribution < -0.4 is 11.6 Å². The van der Waals surface area contributed by atoms with Crippen LogP contribution in [0.2, 0.25) is 0 Å². The van der Waals surface area contributed by atoms with Crippen LogP contribution in [0.5, 0.6) is 0 Å². The van der Waals surface area contributed by atoms with Gasteiger partial charge in [0, 0.05) is 0 Å². The van der Waals surface area contributed by atoms with Crippen LogP contribution in [0.25, 0.3) is 0 Å². The van der Waals surface area contributed by atoms with Gasteiger partial charge in [0.1, 0.15) is 0 Å². The summed E-state index contributed by atoms with van der Waals surface area (Å²) >= 11 is 0. The molecule has 0 spiro atoms. The SMILES string of the molecule is CC(C)[PH](C)(CN)ON. The zero-order chi connectivity index (χ0) is 7.49. The van der Waals surface area contributed by atoms with Crippen molar-refractivity contribution in [1.82, 2.24) is 0 Å². The minimum atomic E-state index is -1.72. The normalized spacial score (nSPS) is 14.4. The topological polar surface area (TPSA) is 61.3 Å². The summed E-state index contributed by atoms with van der Waals surface area (Å²) < 4.78 is 4.86. The standard InChI is InChI=1S/C5H17N2OP/c1-5(2)9(3,4-6)8-7/h5,9H,4,6-7H2,1-3H3. The molecule has 0 fully saturated rings. The van der Waals surface area contributed by atoms with Gasteiger partial charge in [-0.1, -0.05) is 0 Å². The minimum absolute atomic E-state index is 0.493. The molecule has 0 aromatic rings. The average Bonchev–Trinajstić information content (AvgIpc) is 1.86. The summed E-state index contributed by atoms with van der Waals surface area (Å²) in [6.07, 6.45) is 0.598. The van der Waals surface area contributed by atoms with Crippen molar-refractivity contribution >= 4 is 7.49 Å². The van der Waals surface area contributed by atoms with E-state index in [1.54, 1.807) is 0 Å². The Morgan fingerprint density at radius 3 is 2.00 bits per heavy atom. The molecule has 0 bridgehead atoms. The van der Waals surface area contributed by atoms with Gasteiger partial charge in [-0.3, -0.25) is 0 Å². The first kappa shape index (κ1) is 9.31. The van der Waals surface area contributed by atoms with E-state index in [4.69, 9.17) is 16.3 Å². The van der Waals surface area contributed by atoms with E-state index >= 15 is 0 Å². The molecule has 0 aliphatic carbocycles. The molecule has 0 rings (SSSR count). The van der Waals surface area contributed by atoms with Gasteiger partial charge in [-0.05, 0) is 0 Å². The first-order valence-electron chi connectivity index (χ1n) is 3.15. The molecule has 0 amide bonds. The van der Waals surface area contributed by atoms with Gasteiger partial charge < -0.3 is 0 Å². The molecule has 9 heavy (non-hydrogen) atoms. The Bertz CT molecular complexity index is 83.0. The van der Waals surface area contributed by atoms with Crippen LogP contribution in [-0.2, 0) is 4.62 Å². The van der Waals surface area contributed by atoms with Crippen LogP contribution in [0, 0.1) is 0 Å². The fraction of sp³-hybridized carbons (Fsp3) is 1.00. The molecule has 0 aromatic heterocycles. The predicted octanol–water partition coefficient (Wildman–Crippen LogP) is 0.496. The van der Waals surface area contributed by atoms with Gasteiger partial charge in [0.2, 0.25) is 0 Å². The van der Waals surface area contributed by atoms with E-state index in [2.05, 4.69) is 13.8 Å². The van der Waals surface area contributed by atoms with Crippen LogP contribution in [0.1, 0.15) is 13.8 Å². The summed E-state index contributed by atoms with van der Waals surface area (Å²) in [4.78, 5) is 0. The predicted molar refractivity (Wildman–Crippen MR) is 43.7 cm³/mol. The van der Waals surface area contributed by atoms with Gasteiger partial charge in [0.25, 0.3) is 0 Å². The van der Waals surface area contributed by atoms with E-state index in [1.165, 1.54) is 0 Å². The third-order valence-corrected chi connectivity index (χ3v) is 5.69. The Hall–Kier alpha value is 0.310. The van der Waals surface area contributed by atoms with E-state index in [0.29, 0.717) is 11.9 Å². The van der Waals surface area contributed by atoms with Crippen molar-refractivity contribution in [3.63, 3.8) is 0 Å². The van der Waals surface area contributed by atoms with E-state index in [9.17, 15) is 0 Å². The van der Waals surface area contributed by atoms with Crippen molar-refractivity contribution in [2.75, 3.05) is 13.0 Å². The molecule has 0 radical (unpaired) electrons. The van der Waals surface area contributed by atoms with Crippen molar-refractivity contribution in [3.8, 4) is 0 Å². The Balaban J connectivity index is 3.92. The van der Waals surface area contributed by atoms with Crippen LogP contribution in [-0.4, -0.2) is 18.6 Å². The maximum absolute atomic E-state index is 5.48. The Kier molecular flexibility index (Phi) is 3.59. The molecule has 58 valence electrons. The van der Waals surface area contributed by atoms with Crippen molar-refractivity contribution in [3.05, 3.63) is 0 Å². The number of hydrogen-bond acceptors (Lipinski definition) is 3. The third-order valence-electron chi connectivity index (χ3n) is 1.90. The molecule has 0 atom stereocenters. The van der Waals surface area contributed by atoms with Gasteiger partial charge in [-0.25, -0.2) is 0 Å². The fourth-order valence-electron chi connectivity index (χ4n) is 0.420. The molecule has 3 nitrogen and oxygen atoms in total. The molecule has 4 N–H and O–H groups in total.